The lowest BCUT2D eigenvalue weighted by Gasteiger charge is -2.29. The number of nitrogens with zero attached hydrogens (tertiary/aromatic N) is 3. The molecular formula is C19H22F3N3OS. The molecule has 0 bridgehead atoms. The van der Waals surface area contributed by atoms with Crippen molar-refractivity contribution in [3.8, 4) is 0 Å². The van der Waals surface area contributed by atoms with E-state index in [4.69, 9.17) is 0 Å². The number of likely N-dealkylation sites (tertiary alicyclic amines) is 1. The first kappa shape index (κ1) is 19.8. The Balaban J connectivity index is 1.80. The van der Waals surface area contributed by atoms with Crippen LogP contribution in [0.1, 0.15) is 37.9 Å². The highest BCUT2D eigenvalue weighted by molar-refractivity contribution is 7.14. The molecule has 27 heavy (non-hydrogen) atoms. The average Bonchev–Trinajstić information content (AvgIpc) is 3.04. The molecule has 1 aromatic carbocycles. The number of benzene rings is 1. The molecule has 1 fully saturated rings. The third-order valence-corrected chi connectivity index (χ3v) is 5.61. The zero-order valence-electron chi connectivity index (χ0n) is 15.3. The highest BCUT2D eigenvalue weighted by Gasteiger charge is 2.31. The molecule has 8 heteroatoms. The maximum Gasteiger partial charge on any atom is 0.416 e. The van der Waals surface area contributed by atoms with Crippen LogP contribution in [0, 0.1) is 5.92 Å². The number of anilines is 2. The van der Waals surface area contributed by atoms with Crippen LogP contribution in [0.4, 0.5) is 24.0 Å². The number of piperidine rings is 1. The van der Waals surface area contributed by atoms with Gasteiger partial charge in [-0.1, -0.05) is 13.0 Å². The van der Waals surface area contributed by atoms with Gasteiger partial charge in [0.1, 0.15) is 0 Å². The first-order valence-corrected chi connectivity index (χ1v) is 9.76. The number of rotatable bonds is 4. The molecule has 0 aliphatic carbocycles. The van der Waals surface area contributed by atoms with Crippen LogP contribution in [0.2, 0.25) is 0 Å². The van der Waals surface area contributed by atoms with Gasteiger partial charge in [-0.25, -0.2) is 4.98 Å². The Hall–Kier alpha value is -1.93. The van der Waals surface area contributed by atoms with Crippen molar-refractivity contribution >= 4 is 28.1 Å². The fourth-order valence-corrected chi connectivity index (χ4v) is 4.05. The lowest BCUT2D eigenvalue weighted by Crippen LogP contribution is -2.32. The van der Waals surface area contributed by atoms with Gasteiger partial charge < -0.3 is 0 Å². The van der Waals surface area contributed by atoms with E-state index in [1.807, 2.05) is 5.38 Å². The third kappa shape index (κ3) is 4.87. The Bertz CT molecular complexity index is 797. The lowest BCUT2D eigenvalue weighted by molar-refractivity contribution is -0.137. The standard InChI is InChI=1S/C19H22F3N3OS/c1-13-6-8-24(9-7-13)11-16-12-27-18(23-16)25(14(2)26)17-5-3-4-15(10-17)19(20,21)22/h3-5,10,12-13H,6-9,11H2,1-2H3. The van der Waals surface area contributed by atoms with Crippen LogP contribution < -0.4 is 4.90 Å². The minimum Gasteiger partial charge on any atom is -0.297 e. The normalized spacial score (nSPS) is 16.5. The summed E-state index contributed by atoms with van der Waals surface area (Å²) in [6.45, 7) is 6.29. The molecule has 1 amide bonds. The maximum absolute atomic E-state index is 13.0. The number of carbonyl (C=O) groups is 1. The van der Waals surface area contributed by atoms with Crippen molar-refractivity contribution < 1.29 is 18.0 Å². The van der Waals surface area contributed by atoms with Crippen LogP contribution in [-0.4, -0.2) is 28.9 Å². The summed E-state index contributed by atoms with van der Waals surface area (Å²) >= 11 is 1.27. The lowest BCUT2D eigenvalue weighted by atomic mass is 9.99. The van der Waals surface area contributed by atoms with Gasteiger partial charge in [0.15, 0.2) is 5.13 Å². The number of alkyl halides is 3. The number of amides is 1. The zero-order valence-corrected chi connectivity index (χ0v) is 16.1. The quantitative estimate of drug-likeness (QED) is 0.722. The molecule has 1 aliphatic rings. The number of hydrogen-bond acceptors (Lipinski definition) is 4. The molecule has 4 nitrogen and oxygen atoms in total. The number of aromatic nitrogens is 1. The molecule has 0 spiro atoms. The van der Waals surface area contributed by atoms with Crippen LogP contribution in [0.15, 0.2) is 29.6 Å². The van der Waals surface area contributed by atoms with Crippen molar-refractivity contribution in [2.45, 2.75) is 39.4 Å². The topological polar surface area (TPSA) is 36.4 Å². The van der Waals surface area contributed by atoms with Crippen LogP contribution in [0.25, 0.3) is 0 Å². The Morgan fingerprint density at radius 3 is 2.67 bits per heavy atom. The van der Waals surface area contributed by atoms with E-state index in [-0.39, 0.29) is 11.6 Å². The van der Waals surface area contributed by atoms with Crippen molar-refractivity contribution in [2.75, 3.05) is 18.0 Å². The minimum atomic E-state index is -4.46. The van der Waals surface area contributed by atoms with Crippen LogP contribution >= 0.6 is 11.3 Å². The summed E-state index contributed by atoms with van der Waals surface area (Å²) < 4.78 is 39.0. The zero-order chi connectivity index (χ0) is 19.6. The molecule has 0 N–H and O–H groups in total. The molecule has 3 rings (SSSR count). The van der Waals surface area contributed by atoms with E-state index >= 15 is 0 Å². The molecule has 0 unspecified atom stereocenters. The predicted octanol–water partition coefficient (Wildman–Crippen LogP) is 5.08. The molecule has 2 heterocycles. The van der Waals surface area contributed by atoms with E-state index in [1.54, 1.807) is 0 Å². The molecule has 1 aliphatic heterocycles. The summed E-state index contributed by atoms with van der Waals surface area (Å²) in [4.78, 5) is 20.2. The van der Waals surface area contributed by atoms with Gasteiger partial charge in [-0.2, -0.15) is 13.2 Å². The number of halogens is 3. The summed E-state index contributed by atoms with van der Waals surface area (Å²) in [5.41, 5.74) is 0.221. The SMILES string of the molecule is CC(=O)N(c1cccc(C(F)(F)F)c1)c1nc(CN2CCC(C)CC2)cs1. The molecular weight excluding hydrogens is 375 g/mol. The summed E-state index contributed by atoms with van der Waals surface area (Å²) in [6, 6.07) is 4.77. The van der Waals surface area contributed by atoms with Crippen molar-refractivity contribution in [2.24, 2.45) is 5.92 Å². The van der Waals surface area contributed by atoms with Gasteiger partial charge in [-0.3, -0.25) is 14.6 Å². The fraction of sp³-hybridized carbons (Fsp3) is 0.474. The molecule has 0 atom stereocenters. The second-order valence-electron chi connectivity index (χ2n) is 6.98. The Morgan fingerprint density at radius 1 is 1.33 bits per heavy atom. The first-order valence-electron chi connectivity index (χ1n) is 8.89. The molecule has 2 aromatic rings. The monoisotopic (exact) mass is 397 g/mol. The van der Waals surface area contributed by atoms with Crippen LogP contribution in [-0.2, 0) is 17.5 Å². The van der Waals surface area contributed by atoms with Crippen LogP contribution in [0.5, 0.6) is 0 Å². The number of thiazole rings is 1. The van der Waals surface area contributed by atoms with Gasteiger partial charge in [0.2, 0.25) is 5.91 Å². The third-order valence-electron chi connectivity index (χ3n) is 4.74. The number of hydrogen-bond donors (Lipinski definition) is 0. The van der Waals surface area contributed by atoms with Crippen molar-refractivity contribution in [3.05, 3.63) is 40.9 Å². The summed E-state index contributed by atoms with van der Waals surface area (Å²) in [7, 11) is 0. The van der Waals surface area contributed by atoms with E-state index in [0.717, 1.165) is 49.7 Å². The second kappa shape index (κ2) is 7.98. The van der Waals surface area contributed by atoms with E-state index in [1.165, 1.54) is 35.3 Å². The average molecular weight is 397 g/mol. The Labute approximate surface area is 160 Å². The largest absolute Gasteiger partial charge is 0.416 e. The number of carbonyl (C=O) groups excluding carboxylic acids is 1. The summed E-state index contributed by atoms with van der Waals surface area (Å²) in [5, 5.41) is 2.26. The summed E-state index contributed by atoms with van der Waals surface area (Å²) in [6.07, 6.45) is -2.15. The highest BCUT2D eigenvalue weighted by atomic mass is 32.1. The van der Waals surface area contributed by atoms with Crippen molar-refractivity contribution in [1.29, 1.82) is 0 Å². The maximum atomic E-state index is 13.0. The van der Waals surface area contributed by atoms with Gasteiger partial charge in [-0.15, -0.1) is 11.3 Å². The molecule has 146 valence electrons. The Morgan fingerprint density at radius 2 is 2.04 bits per heavy atom. The molecule has 1 saturated heterocycles. The van der Waals surface area contributed by atoms with Gasteiger partial charge in [0.25, 0.3) is 0 Å². The molecule has 0 saturated carbocycles. The van der Waals surface area contributed by atoms with Gasteiger partial charge in [-0.05, 0) is 50.0 Å². The molecule has 1 aromatic heterocycles. The fourth-order valence-electron chi connectivity index (χ4n) is 3.17. The van der Waals surface area contributed by atoms with E-state index in [0.29, 0.717) is 11.7 Å². The Kier molecular flexibility index (Phi) is 5.86. The van der Waals surface area contributed by atoms with Crippen LogP contribution in [0.3, 0.4) is 0 Å². The highest BCUT2D eigenvalue weighted by Crippen LogP contribution is 2.35. The smallest absolute Gasteiger partial charge is 0.297 e. The van der Waals surface area contributed by atoms with Crippen molar-refractivity contribution in [3.63, 3.8) is 0 Å². The van der Waals surface area contributed by atoms with Crippen molar-refractivity contribution in [1.82, 2.24) is 9.88 Å². The van der Waals surface area contributed by atoms with Gasteiger partial charge in [0, 0.05) is 18.8 Å². The first-order chi connectivity index (χ1) is 12.7. The summed E-state index contributed by atoms with van der Waals surface area (Å²) in [5.74, 6) is 0.364. The van der Waals surface area contributed by atoms with E-state index in [9.17, 15) is 18.0 Å². The van der Waals surface area contributed by atoms with Gasteiger partial charge in [0.05, 0.1) is 16.9 Å². The predicted molar refractivity (Wildman–Crippen MR) is 100 cm³/mol. The minimum absolute atomic E-state index is 0.171. The molecule has 0 radical (unpaired) electrons. The van der Waals surface area contributed by atoms with E-state index in [2.05, 4.69) is 16.8 Å². The second-order valence-corrected chi connectivity index (χ2v) is 7.82. The van der Waals surface area contributed by atoms with E-state index < -0.39 is 11.7 Å². The van der Waals surface area contributed by atoms with Gasteiger partial charge >= 0.3 is 6.18 Å².